The highest BCUT2D eigenvalue weighted by Crippen LogP contribution is 2.27. The maximum Gasteiger partial charge on any atom is 0.308 e. The van der Waals surface area contributed by atoms with Crippen LogP contribution in [-0.2, 0) is 6.54 Å². The van der Waals surface area contributed by atoms with E-state index in [0.717, 1.165) is 23.4 Å². The standard InChI is InChI=1S/C22H18N3S/c1-16-14-21-24(15-17-8-3-2-4-9-17)18-10-5-6-11-19(18)25(21)23-22(16)20-12-7-13-26-20/h2-14H,15H2,1H3/q+1. The van der Waals surface area contributed by atoms with Gasteiger partial charge >= 0.3 is 5.65 Å². The highest BCUT2D eigenvalue weighted by molar-refractivity contribution is 7.13. The Bertz CT molecular complexity index is 1200. The van der Waals surface area contributed by atoms with Gasteiger partial charge in [0.2, 0.25) is 5.52 Å². The fourth-order valence-electron chi connectivity index (χ4n) is 3.51. The third kappa shape index (κ3) is 2.42. The van der Waals surface area contributed by atoms with Crippen molar-refractivity contribution in [1.29, 1.82) is 0 Å². The zero-order chi connectivity index (χ0) is 17.5. The molecule has 126 valence electrons. The zero-order valence-corrected chi connectivity index (χ0v) is 15.3. The van der Waals surface area contributed by atoms with E-state index in [1.54, 1.807) is 11.3 Å². The third-order valence-electron chi connectivity index (χ3n) is 4.75. The van der Waals surface area contributed by atoms with Gasteiger partial charge in [-0.05, 0) is 41.6 Å². The van der Waals surface area contributed by atoms with Crippen molar-refractivity contribution in [2.45, 2.75) is 13.5 Å². The molecule has 4 heteroatoms. The summed E-state index contributed by atoms with van der Waals surface area (Å²) in [4.78, 5) is 1.21. The van der Waals surface area contributed by atoms with Crippen LogP contribution in [0.25, 0.3) is 27.3 Å². The van der Waals surface area contributed by atoms with E-state index in [0.29, 0.717) is 0 Å². The summed E-state index contributed by atoms with van der Waals surface area (Å²) < 4.78 is 4.43. The Morgan fingerprint density at radius 2 is 1.77 bits per heavy atom. The molecule has 0 aliphatic heterocycles. The lowest BCUT2D eigenvalue weighted by atomic mass is 10.2. The average molecular weight is 356 g/mol. The van der Waals surface area contributed by atoms with Crippen molar-refractivity contribution >= 4 is 28.0 Å². The topological polar surface area (TPSA) is 21.2 Å². The highest BCUT2D eigenvalue weighted by Gasteiger charge is 2.22. The van der Waals surface area contributed by atoms with Crippen LogP contribution in [0.4, 0.5) is 0 Å². The van der Waals surface area contributed by atoms with E-state index in [1.807, 2.05) is 0 Å². The molecule has 0 saturated heterocycles. The number of aryl methyl sites for hydroxylation is 1. The quantitative estimate of drug-likeness (QED) is 0.423. The monoisotopic (exact) mass is 356 g/mol. The fraction of sp³-hybridized carbons (Fsp3) is 0.0909. The van der Waals surface area contributed by atoms with Crippen molar-refractivity contribution in [2.75, 3.05) is 0 Å². The average Bonchev–Trinajstić information content (AvgIpc) is 3.30. The molecule has 0 atom stereocenters. The van der Waals surface area contributed by atoms with Crippen LogP contribution in [0.15, 0.2) is 78.2 Å². The summed E-state index contributed by atoms with van der Waals surface area (Å²) in [6, 6.07) is 25.5. The minimum atomic E-state index is 0.831. The number of thiophene rings is 1. The van der Waals surface area contributed by atoms with Gasteiger partial charge in [-0.15, -0.1) is 11.3 Å². The van der Waals surface area contributed by atoms with Gasteiger partial charge in [0.15, 0.2) is 5.52 Å². The summed E-state index contributed by atoms with van der Waals surface area (Å²) in [7, 11) is 0. The van der Waals surface area contributed by atoms with E-state index in [4.69, 9.17) is 5.10 Å². The summed E-state index contributed by atoms with van der Waals surface area (Å²) in [5.41, 5.74) is 7.00. The Morgan fingerprint density at radius 1 is 0.962 bits per heavy atom. The summed E-state index contributed by atoms with van der Waals surface area (Å²) in [5.74, 6) is 0. The molecule has 3 nitrogen and oxygen atoms in total. The van der Waals surface area contributed by atoms with E-state index >= 15 is 0 Å². The Labute approximate surface area is 155 Å². The van der Waals surface area contributed by atoms with E-state index in [9.17, 15) is 0 Å². The first kappa shape index (κ1) is 15.3. The third-order valence-corrected chi connectivity index (χ3v) is 5.63. The summed E-state index contributed by atoms with van der Waals surface area (Å²) >= 11 is 1.73. The van der Waals surface area contributed by atoms with Gasteiger partial charge in [0.05, 0.1) is 4.88 Å². The molecule has 3 aromatic heterocycles. The van der Waals surface area contributed by atoms with Gasteiger partial charge in [0.1, 0.15) is 12.2 Å². The smallest absolute Gasteiger partial charge is 0.217 e. The number of benzene rings is 2. The first-order valence-electron chi connectivity index (χ1n) is 8.70. The second-order valence-electron chi connectivity index (χ2n) is 6.48. The molecule has 26 heavy (non-hydrogen) atoms. The van der Waals surface area contributed by atoms with Crippen molar-refractivity contribution in [3.05, 3.63) is 89.3 Å². The van der Waals surface area contributed by atoms with Crippen molar-refractivity contribution < 1.29 is 4.57 Å². The molecular formula is C22H18N3S+. The molecule has 5 rings (SSSR count). The molecule has 0 amide bonds. The van der Waals surface area contributed by atoms with Crippen LogP contribution in [0, 0.1) is 6.92 Å². The maximum atomic E-state index is 5.01. The van der Waals surface area contributed by atoms with Crippen LogP contribution in [0.1, 0.15) is 11.1 Å². The molecule has 0 spiro atoms. The molecule has 0 aliphatic rings. The van der Waals surface area contributed by atoms with Gasteiger partial charge in [-0.1, -0.05) is 58.1 Å². The van der Waals surface area contributed by atoms with Gasteiger partial charge in [-0.2, -0.15) is 0 Å². The highest BCUT2D eigenvalue weighted by atomic mass is 32.1. The first-order valence-corrected chi connectivity index (χ1v) is 9.58. The molecule has 0 unspecified atom stereocenters. The van der Waals surface area contributed by atoms with Gasteiger partial charge in [0, 0.05) is 6.07 Å². The van der Waals surface area contributed by atoms with Gasteiger partial charge in [-0.25, -0.2) is 4.57 Å². The lowest BCUT2D eigenvalue weighted by Gasteiger charge is -2.02. The predicted molar refractivity (Wildman–Crippen MR) is 106 cm³/mol. The molecular weight excluding hydrogens is 338 g/mol. The van der Waals surface area contributed by atoms with Gasteiger partial charge < -0.3 is 0 Å². The molecule has 0 bridgehead atoms. The van der Waals surface area contributed by atoms with Crippen molar-refractivity contribution in [2.24, 2.45) is 0 Å². The predicted octanol–water partition coefficient (Wildman–Crippen LogP) is 4.86. The summed E-state index contributed by atoms with van der Waals surface area (Å²) in [5, 5.41) is 7.12. The van der Waals surface area contributed by atoms with Crippen molar-refractivity contribution in [3.8, 4) is 10.6 Å². The second kappa shape index (κ2) is 6.07. The fourth-order valence-corrected chi connectivity index (χ4v) is 4.28. The van der Waals surface area contributed by atoms with Crippen LogP contribution in [-0.4, -0.2) is 9.61 Å². The SMILES string of the molecule is Cc1cc2n(nc1-c1cccs1)c1ccccc1[n+]2Cc1ccccc1. The molecule has 5 aromatic rings. The minimum absolute atomic E-state index is 0.831. The van der Waals surface area contributed by atoms with Gasteiger partial charge in [-0.3, -0.25) is 0 Å². The number of rotatable bonds is 3. The van der Waals surface area contributed by atoms with E-state index in [2.05, 4.69) is 94.2 Å². The van der Waals surface area contributed by atoms with E-state index < -0.39 is 0 Å². The van der Waals surface area contributed by atoms with Crippen LogP contribution < -0.4 is 4.57 Å². The van der Waals surface area contributed by atoms with E-state index in [1.165, 1.54) is 21.5 Å². The Kier molecular flexibility index (Phi) is 3.57. The van der Waals surface area contributed by atoms with Crippen molar-refractivity contribution in [1.82, 2.24) is 9.61 Å². The van der Waals surface area contributed by atoms with Crippen LogP contribution in [0.2, 0.25) is 0 Å². The minimum Gasteiger partial charge on any atom is -0.217 e. The lowest BCUT2D eigenvalue weighted by molar-refractivity contribution is -0.636. The maximum absolute atomic E-state index is 5.01. The largest absolute Gasteiger partial charge is 0.308 e. The van der Waals surface area contributed by atoms with Crippen LogP contribution in [0.5, 0.6) is 0 Å². The molecule has 2 aromatic carbocycles. The number of nitrogens with zero attached hydrogens (tertiary/aromatic N) is 3. The second-order valence-corrected chi connectivity index (χ2v) is 7.43. The number of aromatic nitrogens is 3. The molecule has 0 saturated carbocycles. The Hall–Kier alpha value is -2.98. The van der Waals surface area contributed by atoms with Crippen LogP contribution in [0.3, 0.4) is 0 Å². The normalized spacial score (nSPS) is 11.4. The molecule has 3 heterocycles. The number of fused-ring (bicyclic) bond motifs is 3. The summed E-state index contributed by atoms with van der Waals surface area (Å²) in [6.45, 7) is 2.98. The number of hydrogen-bond donors (Lipinski definition) is 0. The molecule has 0 radical (unpaired) electrons. The molecule has 0 N–H and O–H groups in total. The number of imidazole rings is 1. The Morgan fingerprint density at radius 3 is 2.58 bits per heavy atom. The summed E-state index contributed by atoms with van der Waals surface area (Å²) in [6.07, 6.45) is 0. The first-order chi connectivity index (χ1) is 12.8. The lowest BCUT2D eigenvalue weighted by Crippen LogP contribution is -2.34. The Balaban J connectivity index is 1.80. The molecule has 0 aliphatic carbocycles. The molecule has 0 fully saturated rings. The number of para-hydroxylation sites is 2. The van der Waals surface area contributed by atoms with E-state index in [-0.39, 0.29) is 0 Å². The van der Waals surface area contributed by atoms with Gasteiger partial charge in [0.25, 0.3) is 0 Å². The van der Waals surface area contributed by atoms with Crippen molar-refractivity contribution in [3.63, 3.8) is 0 Å². The van der Waals surface area contributed by atoms with Crippen LogP contribution >= 0.6 is 11.3 Å². The number of hydrogen-bond acceptors (Lipinski definition) is 2. The zero-order valence-electron chi connectivity index (χ0n) is 14.5.